The molecule has 0 saturated heterocycles. The number of pyridine rings is 1. The van der Waals surface area contributed by atoms with Gasteiger partial charge in [0.05, 0.1) is 5.33 Å². The lowest BCUT2D eigenvalue weighted by atomic mass is 10.1. The third-order valence-corrected chi connectivity index (χ3v) is 3.11. The molecule has 0 aliphatic carbocycles. The topological polar surface area (TPSA) is 3.88 Å². The molecule has 0 bridgehead atoms. The van der Waals surface area contributed by atoms with Crippen molar-refractivity contribution in [2.45, 2.75) is 19.4 Å². The zero-order valence-corrected chi connectivity index (χ0v) is 10.5. The maximum atomic E-state index is 3.49. The number of aromatic nitrogens is 1. The summed E-state index contributed by atoms with van der Waals surface area (Å²) in [5, 5.41) is 0.967. The fraction of sp³-hybridized carbons (Fsp3) is 0.444. The van der Waals surface area contributed by atoms with E-state index < -0.39 is 0 Å². The Morgan fingerprint density at radius 2 is 1.67 bits per heavy atom. The number of nitrogens with zero attached hydrogens (tertiary/aromatic N) is 1. The molecular formula is C9H13Br2N. The molecule has 1 aromatic rings. The van der Waals surface area contributed by atoms with Crippen LogP contribution >= 0.6 is 15.9 Å². The van der Waals surface area contributed by atoms with Crippen molar-refractivity contribution in [1.82, 2.24) is 0 Å². The van der Waals surface area contributed by atoms with Crippen LogP contribution in [0.15, 0.2) is 30.6 Å². The second kappa shape index (κ2) is 4.97. The minimum absolute atomic E-state index is 0. The predicted molar refractivity (Wildman–Crippen MR) is 49.8 cm³/mol. The van der Waals surface area contributed by atoms with Crippen molar-refractivity contribution in [2.24, 2.45) is 0 Å². The second-order valence-corrected chi connectivity index (χ2v) is 3.79. The number of hydrogen-bond acceptors (Lipinski definition) is 0. The highest BCUT2D eigenvalue weighted by Gasteiger charge is 2.25. The highest BCUT2D eigenvalue weighted by Crippen LogP contribution is 2.08. The molecule has 0 N–H and O–H groups in total. The van der Waals surface area contributed by atoms with E-state index in [0.29, 0.717) is 0 Å². The molecule has 12 heavy (non-hydrogen) atoms. The van der Waals surface area contributed by atoms with Crippen LogP contribution in [0.1, 0.15) is 13.8 Å². The Morgan fingerprint density at radius 1 is 1.17 bits per heavy atom. The molecule has 0 saturated carbocycles. The van der Waals surface area contributed by atoms with Gasteiger partial charge in [-0.25, -0.2) is 0 Å². The van der Waals surface area contributed by atoms with Crippen molar-refractivity contribution in [3.63, 3.8) is 0 Å². The van der Waals surface area contributed by atoms with Gasteiger partial charge in [0, 0.05) is 26.0 Å². The molecule has 0 spiro atoms. The highest BCUT2D eigenvalue weighted by molar-refractivity contribution is 9.09. The SMILES string of the molecule is CC(C)(CBr)[n+]1ccccc1.[Br-]. The summed E-state index contributed by atoms with van der Waals surface area (Å²) in [5.41, 5.74) is 0.168. The summed E-state index contributed by atoms with van der Waals surface area (Å²) < 4.78 is 2.20. The normalized spacial score (nSPS) is 10.6. The third-order valence-electron chi connectivity index (χ3n) is 1.74. The summed E-state index contributed by atoms with van der Waals surface area (Å²) in [5.74, 6) is 0. The maximum absolute atomic E-state index is 3.49. The van der Waals surface area contributed by atoms with Crippen molar-refractivity contribution in [3.05, 3.63) is 30.6 Å². The van der Waals surface area contributed by atoms with Crippen LogP contribution in [0.25, 0.3) is 0 Å². The molecule has 0 radical (unpaired) electrons. The number of rotatable bonds is 2. The summed E-state index contributed by atoms with van der Waals surface area (Å²) in [6, 6.07) is 6.12. The predicted octanol–water partition coefficient (Wildman–Crippen LogP) is -0.892. The Labute approximate surface area is 92.7 Å². The van der Waals surface area contributed by atoms with Crippen molar-refractivity contribution < 1.29 is 21.5 Å². The molecular weight excluding hydrogens is 282 g/mol. The van der Waals surface area contributed by atoms with Gasteiger partial charge >= 0.3 is 0 Å². The quantitative estimate of drug-likeness (QED) is 0.492. The zero-order valence-electron chi connectivity index (χ0n) is 7.30. The first kappa shape index (κ1) is 12.1. The molecule has 68 valence electrons. The first-order valence-corrected chi connectivity index (χ1v) is 4.82. The van der Waals surface area contributed by atoms with Crippen molar-refractivity contribution >= 4 is 15.9 Å². The average Bonchev–Trinajstić information content (AvgIpc) is 2.06. The Hall–Kier alpha value is 0.110. The van der Waals surface area contributed by atoms with Crippen molar-refractivity contribution in [1.29, 1.82) is 0 Å². The van der Waals surface area contributed by atoms with Gasteiger partial charge in [0.2, 0.25) is 0 Å². The van der Waals surface area contributed by atoms with Crippen molar-refractivity contribution in [3.8, 4) is 0 Å². The molecule has 1 aromatic heterocycles. The monoisotopic (exact) mass is 293 g/mol. The van der Waals surface area contributed by atoms with Gasteiger partial charge in [-0.05, 0) is 0 Å². The lowest BCUT2D eigenvalue weighted by Gasteiger charge is -2.15. The standard InChI is InChI=1S/C9H13BrN.BrH/c1-9(2,8-10)11-6-4-3-5-7-11;/h3-7H,8H2,1-2H3;1H/q+1;/p-1. The molecule has 0 atom stereocenters. The van der Waals surface area contributed by atoms with Gasteiger partial charge in [0.25, 0.3) is 0 Å². The minimum atomic E-state index is 0. The number of alkyl halides is 1. The molecule has 0 unspecified atom stereocenters. The zero-order chi connectivity index (χ0) is 8.32. The molecule has 0 amide bonds. The average molecular weight is 295 g/mol. The molecule has 3 heteroatoms. The fourth-order valence-electron chi connectivity index (χ4n) is 0.871. The Bertz CT molecular complexity index is 221. The third kappa shape index (κ3) is 2.87. The van der Waals surface area contributed by atoms with Crippen molar-refractivity contribution in [2.75, 3.05) is 5.33 Å². The van der Waals surface area contributed by atoms with Crippen LogP contribution in [0.2, 0.25) is 0 Å². The molecule has 0 aliphatic rings. The Balaban J connectivity index is 0.00000121. The van der Waals surface area contributed by atoms with Crippen LogP contribution < -0.4 is 21.5 Å². The van der Waals surface area contributed by atoms with E-state index in [-0.39, 0.29) is 22.5 Å². The first-order chi connectivity index (χ1) is 5.17. The van der Waals surface area contributed by atoms with Gasteiger partial charge in [0.1, 0.15) is 0 Å². The van der Waals surface area contributed by atoms with Crippen LogP contribution in [0.5, 0.6) is 0 Å². The Morgan fingerprint density at radius 3 is 2.08 bits per heavy atom. The van der Waals surface area contributed by atoms with E-state index in [1.54, 1.807) is 0 Å². The van der Waals surface area contributed by atoms with E-state index in [2.05, 4.69) is 46.7 Å². The van der Waals surface area contributed by atoms with E-state index in [4.69, 9.17) is 0 Å². The Kier molecular flexibility index (Phi) is 5.02. The van der Waals surface area contributed by atoms with E-state index >= 15 is 0 Å². The van der Waals surface area contributed by atoms with E-state index in [9.17, 15) is 0 Å². The summed E-state index contributed by atoms with van der Waals surface area (Å²) in [6.07, 6.45) is 4.17. The first-order valence-electron chi connectivity index (χ1n) is 3.69. The molecule has 0 aliphatic heterocycles. The van der Waals surface area contributed by atoms with Gasteiger partial charge in [-0.3, -0.25) is 0 Å². The minimum Gasteiger partial charge on any atom is -1.00 e. The largest absolute Gasteiger partial charge is 1.00 e. The summed E-state index contributed by atoms with van der Waals surface area (Å²) >= 11 is 3.49. The summed E-state index contributed by atoms with van der Waals surface area (Å²) in [7, 11) is 0. The number of hydrogen-bond donors (Lipinski definition) is 0. The smallest absolute Gasteiger partial charge is 0.172 e. The van der Waals surface area contributed by atoms with Crippen LogP contribution in [0, 0.1) is 0 Å². The number of halogens is 2. The highest BCUT2D eigenvalue weighted by atomic mass is 79.9. The van der Waals surface area contributed by atoms with Crippen LogP contribution in [0.4, 0.5) is 0 Å². The van der Waals surface area contributed by atoms with Crippen LogP contribution in [-0.4, -0.2) is 5.33 Å². The van der Waals surface area contributed by atoms with Crippen LogP contribution in [-0.2, 0) is 5.54 Å². The summed E-state index contributed by atoms with van der Waals surface area (Å²) in [4.78, 5) is 0. The molecule has 0 aromatic carbocycles. The second-order valence-electron chi connectivity index (χ2n) is 3.23. The van der Waals surface area contributed by atoms with Crippen LogP contribution in [0.3, 0.4) is 0 Å². The van der Waals surface area contributed by atoms with E-state index in [1.165, 1.54) is 0 Å². The molecule has 1 heterocycles. The van der Waals surface area contributed by atoms with E-state index in [1.807, 2.05) is 18.2 Å². The van der Waals surface area contributed by atoms with Gasteiger partial charge in [-0.15, -0.1) is 0 Å². The lowest BCUT2D eigenvalue weighted by molar-refractivity contribution is -0.752. The van der Waals surface area contributed by atoms with Gasteiger partial charge < -0.3 is 17.0 Å². The molecule has 1 nitrogen and oxygen atoms in total. The maximum Gasteiger partial charge on any atom is 0.172 e. The molecule has 0 fully saturated rings. The van der Waals surface area contributed by atoms with Gasteiger partial charge in [-0.1, -0.05) is 22.0 Å². The van der Waals surface area contributed by atoms with E-state index in [0.717, 1.165) is 5.33 Å². The molecule has 1 rings (SSSR count). The van der Waals surface area contributed by atoms with Gasteiger partial charge in [0.15, 0.2) is 17.9 Å². The van der Waals surface area contributed by atoms with Gasteiger partial charge in [-0.2, -0.15) is 4.57 Å². The fourth-order valence-corrected chi connectivity index (χ4v) is 1.16. The summed E-state index contributed by atoms with van der Waals surface area (Å²) in [6.45, 7) is 4.39. The lowest BCUT2D eigenvalue weighted by Crippen LogP contribution is -3.00.